The van der Waals surface area contributed by atoms with Gasteiger partial charge in [0.15, 0.2) is 11.4 Å². The summed E-state index contributed by atoms with van der Waals surface area (Å²) >= 11 is 1.37. The van der Waals surface area contributed by atoms with Crippen molar-refractivity contribution < 1.29 is 4.79 Å². The van der Waals surface area contributed by atoms with Crippen LogP contribution in [0.25, 0.3) is 21.1 Å². The molecule has 4 aromatic heterocycles. The van der Waals surface area contributed by atoms with E-state index in [4.69, 9.17) is 6.57 Å². The summed E-state index contributed by atoms with van der Waals surface area (Å²) in [5.41, 5.74) is 2.07. The van der Waals surface area contributed by atoms with Gasteiger partial charge in [-0.2, -0.15) is 21.5 Å². The number of thiophene rings is 1. The largest absolute Gasteiger partial charge is 0.297 e. The van der Waals surface area contributed by atoms with E-state index >= 15 is 0 Å². The molecule has 0 aromatic carbocycles. The minimum atomic E-state index is -0.360. The average molecular weight is 376 g/mol. The molecule has 8 nitrogen and oxygen atoms in total. The first-order valence-corrected chi connectivity index (χ1v) is 8.85. The van der Waals surface area contributed by atoms with Crippen LogP contribution >= 0.6 is 11.3 Å². The summed E-state index contributed by atoms with van der Waals surface area (Å²) in [6, 6.07) is 8.22. The molecular weight excluding hydrogens is 364 g/mol. The summed E-state index contributed by atoms with van der Waals surface area (Å²) in [7, 11) is 0. The van der Waals surface area contributed by atoms with Gasteiger partial charge in [-0.1, -0.05) is 0 Å². The highest BCUT2D eigenvalue weighted by atomic mass is 32.1. The minimum absolute atomic E-state index is 0.136. The lowest BCUT2D eigenvalue weighted by Crippen LogP contribution is -2.27. The lowest BCUT2D eigenvalue weighted by molar-refractivity contribution is -0.119. The molecular formula is C18H12N6O2S. The zero-order chi connectivity index (χ0) is 18.8. The van der Waals surface area contributed by atoms with Crippen LogP contribution in [-0.2, 0) is 17.8 Å². The maximum absolute atomic E-state index is 12.4. The third kappa shape index (κ3) is 3.38. The van der Waals surface area contributed by atoms with Gasteiger partial charge in [0.25, 0.3) is 5.56 Å². The Labute approximate surface area is 157 Å². The van der Waals surface area contributed by atoms with Crippen LogP contribution in [0.5, 0.6) is 0 Å². The second-order valence-corrected chi connectivity index (χ2v) is 6.69. The lowest BCUT2D eigenvalue weighted by atomic mass is 10.1. The van der Waals surface area contributed by atoms with Gasteiger partial charge >= 0.3 is 0 Å². The summed E-state index contributed by atoms with van der Waals surface area (Å²) in [4.78, 5) is 32.8. The van der Waals surface area contributed by atoms with Crippen molar-refractivity contribution in [2.75, 3.05) is 0 Å². The Morgan fingerprint density at radius 2 is 2.15 bits per heavy atom. The molecule has 9 heteroatoms. The number of nitrogens with zero attached hydrogens (tertiary/aromatic N) is 6. The topological polar surface area (TPSA) is 86.5 Å². The average Bonchev–Trinajstić information content (AvgIpc) is 3.31. The van der Waals surface area contributed by atoms with Crippen molar-refractivity contribution >= 4 is 28.5 Å². The van der Waals surface area contributed by atoms with Crippen LogP contribution < -0.4 is 5.56 Å². The molecule has 0 aliphatic carbocycles. The second-order valence-electron chi connectivity index (χ2n) is 5.77. The Hall–Kier alpha value is -3.64. The number of hydrogen-bond acceptors (Lipinski definition) is 6. The van der Waals surface area contributed by atoms with Crippen LogP contribution in [0.15, 0.2) is 53.0 Å². The van der Waals surface area contributed by atoms with Crippen molar-refractivity contribution in [2.45, 2.75) is 13.0 Å². The first-order chi connectivity index (χ1) is 13.1. The van der Waals surface area contributed by atoms with Gasteiger partial charge in [-0.3, -0.25) is 9.59 Å². The third-order valence-corrected chi connectivity index (χ3v) is 4.86. The highest BCUT2D eigenvalue weighted by Gasteiger charge is 2.12. The predicted molar refractivity (Wildman–Crippen MR) is 99.8 cm³/mol. The summed E-state index contributed by atoms with van der Waals surface area (Å²) in [6.07, 6.45) is 3.34. The summed E-state index contributed by atoms with van der Waals surface area (Å²) in [5, 5.41) is 10.1. The van der Waals surface area contributed by atoms with Crippen molar-refractivity contribution in [1.29, 1.82) is 0 Å². The Morgan fingerprint density at radius 1 is 1.26 bits per heavy atom. The number of carbonyl (C=O) groups excluding carboxylic acids is 1. The van der Waals surface area contributed by atoms with Gasteiger partial charge in [-0.05, 0) is 35.2 Å². The molecule has 0 atom stereocenters. The van der Waals surface area contributed by atoms with Crippen molar-refractivity contribution in [3.05, 3.63) is 75.6 Å². The molecule has 132 valence electrons. The van der Waals surface area contributed by atoms with Gasteiger partial charge in [0, 0.05) is 18.7 Å². The van der Waals surface area contributed by atoms with E-state index in [-0.39, 0.29) is 24.3 Å². The Kier molecular flexibility index (Phi) is 4.32. The standard InChI is InChI=1S/C18H12N6O2S/c1-19-14-5-7-27-18(14)15-2-3-17(26)24(22-15)10-13(25)8-12-4-6-23-16(9-12)20-11-21-23/h2-7,9,11H,8,10H2. The molecule has 0 N–H and O–H groups in total. The number of pyridine rings is 1. The Morgan fingerprint density at radius 3 is 3.00 bits per heavy atom. The molecule has 0 aliphatic rings. The number of fused-ring (bicyclic) bond motifs is 1. The maximum atomic E-state index is 12.4. The van der Waals surface area contributed by atoms with Gasteiger partial charge in [0.2, 0.25) is 5.69 Å². The van der Waals surface area contributed by atoms with Crippen LogP contribution in [0.3, 0.4) is 0 Å². The molecule has 0 saturated carbocycles. The van der Waals surface area contributed by atoms with E-state index in [2.05, 4.69) is 20.0 Å². The van der Waals surface area contributed by atoms with E-state index in [9.17, 15) is 9.59 Å². The monoisotopic (exact) mass is 376 g/mol. The number of Topliss-reactive ketones (excluding diaryl/α,β-unsaturated/α-hetero) is 1. The van der Waals surface area contributed by atoms with Crippen LogP contribution in [-0.4, -0.2) is 30.2 Å². The molecule has 0 saturated heterocycles. The van der Waals surface area contributed by atoms with E-state index in [0.29, 0.717) is 21.9 Å². The van der Waals surface area contributed by atoms with Gasteiger partial charge in [0.1, 0.15) is 12.9 Å². The molecule has 27 heavy (non-hydrogen) atoms. The maximum Gasteiger partial charge on any atom is 0.267 e. The zero-order valence-corrected chi connectivity index (χ0v) is 14.8. The Bertz CT molecular complexity index is 1250. The summed E-state index contributed by atoms with van der Waals surface area (Å²) in [5.74, 6) is -0.151. The fraction of sp³-hybridized carbons (Fsp3) is 0.111. The molecule has 0 fully saturated rings. The first-order valence-electron chi connectivity index (χ1n) is 7.97. The number of carbonyl (C=O) groups is 1. The van der Waals surface area contributed by atoms with Crippen molar-refractivity contribution in [1.82, 2.24) is 24.4 Å². The van der Waals surface area contributed by atoms with Crippen LogP contribution in [0, 0.1) is 6.57 Å². The van der Waals surface area contributed by atoms with Crippen molar-refractivity contribution in [3.63, 3.8) is 0 Å². The fourth-order valence-electron chi connectivity index (χ4n) is 2.68. The third-order valence-electron chi connectivity index (χ3n) is 3.94. The van der Waals surface area contributed by atoms with Gasteiger partial charge in [-0.25, -0.2) is 19.0 Å². The first kappa shape index (κ1) is 16.8. The highest BCUT2D eigenvalue weighted by Crippen LogP contribution is 2.33. The lowest BCUT2D eigenvalue weighted by Gasteiger charge is -2.06. The Balaban J connectivity index is 1.56. The SMILES string of the molecule is [C-]#[N+]c1ccsc1-c1ccc(=O)n(CC(=O)Cc2ccn3ncnc3c2)n1. The zero-order valence-electron chi connectivity index (χ0n) is 13.9. The molecule has 0 spiro atoms. The van der Waals surface area contributed by atoms with Gasteiger partial charge < -0.3 is 0 Å². The van der Waals surface area contributed by atoms with E-state index in [1.807, 2.05) is 0 Å². The van der Waals surface area contributed by atoms with Crippen LogP contribution in [0.2, 0.25) is 0 Å². The molecule has 4 rings (SSSR count). The van der Waals surface area contributed by atoms with Crippen LogP contribution in [0.4, 0.5) is 5.69 Å². The molecule has 0 radical (unpaired) electrons. The fourth-order valence-corrected chi connectivity index (χ4v) is 3.48. The van der Waals surface area contributed by atoms with Crippen molar-refractivity contribution in [3.8, 4) is 10.6 Å². The molecule has 4 aromatic rings. The van der Waals surface area contributed by atoms with E-state index in [1.165, 1.54) is 23.7 Å². The molecule has 0 aliphatic heterocycles. The smallest absolute Gasteiger partial charge is 0.267 e. The number of aromatic nitrogens is 5. The summed E-state index contributed by atoms with van der Waals surface area (Å²) < 4.78 is 2.75. The van der Waals surface area contributed by atoms with Crippen molar-refractivity contribution in [2.24, 2.45) is 0 Å². The van der Waals surface area contributed by atoms with E-state index in [1.54, 1.807) is 40.4 Å². The normalized spacial score (nSPS) is 10.8. The van der Waals surface area contributed by atoms with Crippen LogP contribution in [0.1, 0.15) is 5.56 Å². The quantitative estimate of drug-likeness (QED) is 0.499. The van der Waals surface area contributed by atoms with E-state index in [0.717, 1.165) is 10.2 Å². The number of hydrogen-bond donors (Lipinski definition) is 0. The number of ketones is 1. The minimum Gasteiger partial charge on any atom is -0.297 e. The van der Waals surface area contributed by atoms with Gasteiger partial charge in [0.05, 0.1) is 17.1 Å². The molecule has 4 heterocycles. The molecule has 0 amide bonds. The molecule has 0 unspecified atom stereocenters. The number of rotatable bonds is 5. The summed E-state index contributed by atoms with van der Waals surface area (Å²) in [6.45, 7) is 7.06. The second kappa shape index (κ2) is 6.93. The molecule has 0 bridgehead atoms. The van der Waals surface area contributed by atoms with Gasteiger partial charge in [-0.15, -0.1) is 0 Å². The van der Waals surface area contributed by atoms with E-state index < -0.39 is 0 Å². The highest BCUT2D eigenvalue weighted by molar-refractivity contribution is 7.14. The predicted octanol–water partition coefficient (Wildman–Crippen LogP) is 2.38.